The van der Waals surface area contributed by atoms with Gasteiger partial charge in [-0.3, -0.25) is 4.57 Å². The molecule has 5 atom stereocenters. The Balaban J connectivity index is 2.47. The molecule has 2 aliphatic heterocycles. The van der Waals surface area contributed by atoms with E-state index < -0.39 is 64.6 Å². The van der Waals surface area contributed by atoms with Crippen molar-refractivity contribution in [2.75, 3.05) is 6.16 Å². The lowest BCUT2D eigenvalue weighted by molar-refractivity contribution is -0.290. The van der Waals surface area contributed by atoms with E-state index in [4.69, 9.17) is 18.6 Å². The summed E-state index contributed by atoms with van der Waals surface area (Å²) in [6, 6.07) is 0. The molecule has 7 nitrogen and oxygen atoms in total. The van der Waals surface area contributed by atoms with Gasteiger partial charge >= 0.3 is 13.8 Å². The molecule has 0 saturated carbocycles. The second-order valence-electron chi connectivity index (χ2n) is 9.39. The molecule has 12 heteroatoms. The van der Waals surface area contributed by atoms with Crippen LogP contribution in [-0.4, -0.2) is 66.7 Å². The van der Waals surface area contributed by atoms with Crippen LogP contribution in [0.25, 0.3) is 0 Å². The highest BCUT2D eigenvalue weighted by molar-refractivity contribution is 7.51. The molecule has 2 rings (SSSR count). The van der Waals surface area contributed by atoms with Gasteiger partial charge in [0.05, 0.1) is 12.3 Å². The third kappa shape index (κ3) is 5.37. The number of halogens is 3. The van der Waals surface area contributed by atoms with E-state index >= 15 is 0 Å². The van der Waals surface area contributed by atoms with Crippen LogP contribution in [0.15, 0.2) is 0 Å². The molecule has 0 spiro atoms. The summed E-state index contributed by atoms with van der Waals surface area (Å²) in [6.07, 6.45) is -13.3. The molecule has 2 saturated heterocycles. The molecule has 2 N–H and O–H groups in total. The molecule has 166 valence electrons. The van der Waals surface area contributed by atoms with Crippen LogP contribution in [0.1, 0.15) is 34.6 Å². The zero-order valence-corrected chi connectivity index (χ0v) is 19.0. The van der Waals surface area contributed by atoms with Crippen molar-refractivity contribution in [1.29, 1.82) is 0 Å². The molecule has 0 amide bonds. The maximum absolute atomic E-state index is 13.6. The van der Waals surface area contributed by atoms with E-state index in [9.17, 15) is 27.5 Å². The summed E-state index contributed by atoms with van der Waals surface area (Å²) in [5, 5.41) is -0.287. The molecule has 0 aromatic rings. The second kappa shape index (κ2) is 7.30. The molecule has 0 radical (unpaired) electrons. The molecule has 0 aromatic carbocycles. The summed E-state index contributed by atoms with van der Waals surface area (Å²) in [5.41, 5.74) is 0. The highest BCUT2D eigenvalue weighted by Crippen LogP contribution is 2.48. The Morgan fingerprint density at radius 3 is 2.04 bits per heavy atom. The van der Waals surface area contributed by atoms with Gasteiger partial charge in [-0.15, -0.1) is 0 Å². The van der Waals surface area contributed by atoms with Gasteiger partial charge in [0.25, 0.3) is 0 Å². The summed E-state index contributed by atoms with van der Waals surface area (Å²) < 4.78 is 75.1. The molecular weight excluding hydrogens is 420 g/mol. The first kappa shape index (κ1) is 24.3. The Labute approximate surface area is 164 Å². The molecule has 0 unspecified atom stereocenters. The fraction of sp³-hybridized carbons (Fsp3) is 1.00. The Morgan fingerprint density at radius 1 is 1.11 bits per heavy atom. The highest BCUT2D eigenvalue weighted by Gasteiger charge is 2.64. The van der Waals surface area contributed by atoms with Crippen molar-refractivity contribution in [1.82, 2.24) is 0 Å². The van der Waals surface area contributed by atoms with E-state index in [1.807, 2.05) is 33.9 Å². The zero-order chi connectivity index (χ0) is 21.9. The number of fused-ring (bicyclic) bond motifs is 1. The van der Waals surface area contributed by atoms with Crippen molar-refractivity contribution in [2.45, 2.75) is 95.2 Å². The van der Waals surface area contributed by atoms with Gasteiger partial charge in [-0.05, 0) is 32.0 Å². The standard InChI is InChI=1S/C16H30F3O7PSi/c1-14(2,3)28(6,7)26-10-9(8-27(20,21)22)23-13(16(17,18)19)12-11(10)24-15(4,5)25-12/h9-13H,8H2,1-7H3,(H2,20,21,22)/t9-,10+,11-,12-,13+/m0/s1. The fourth-order valence-corrected chi connectivity index (χ4v) is 5.25. The molecule has 2 fully saturated rings. The van der Waals surface area contributed by atoms with Crippen LogP contribution in [0, 0.1) is 0 Å². The number of hydrogen-bond acceptors (Lipinski definition) is 5. The fourth-order valence-electron chi connectivity index (χ4n) is 3.16. The van der Waals surface area contributed by atoms with Crippen molar-refractivity contribution in [3.63, 3.8) is 0 Å². The smallest absolute Gasteiger partial charge is 0.408 e. The van der Waals surface area contributed by atoms with Gasteiger partial charge < -0.3 is 28.4 Å². The zero-order valence-electron chi connectivity index (χ0n) is 17.1. The van der Waals surface area contributed by atoms with Crippen molar-refractivity contribution in [3.8, 4) is 0 Å². The summed E-state index contributed by atoms with van der Waals surface area (Å²) in [7, 11) is -7.21. The average Bonchev–Trinajstić information content (AvgIpc) is 2.72. The molecule has 0 aliphatic carbocycles. The van der Waals surface area contributed by atoms with Crippen molar-refractivity contribution >= 4 is 15.9 Å². The molecule has 2 heterocycles. The maximum Gasteiger partial charge on any atom is 0.417 e. The third-order valence-electron chi connectivity index (χ3n) is 5.45. The van der Waals surface area contributed by atoms with E-state index in [2.05, 4.69) is 0 Å². The van der Waals surface area contributed by atoms with E-state index in [0.717, 1.165) is 0 Å². The minimum atomic E-state index is -4.79. The Morgan fingerprint density at radius 2 is 1.61 bits per heavy atom. The first-order valence-electron chi connectivity index (χ1n) is 9.04. The molecular formula is C16H30F3O7PSi. The molecule has 2 aliphatic rings. The van der Waals surface area contributed by atoms with Crippen LogP contribution in [0.5, 0.6) is 0 Å². The summed E-state index contributed by atoms with van der Waals surface area (Å²) in [5.74, 6) is -1.31. The first-order chi connectivity index (χ1) is 12.2. The summed E-state index contributed by atoms with van der Waals surface area (Å²) in [4.78, 5) is 18.8. The predicted molar refractivity (Wildman–Crippen MR) is 97.5 cm³/mol. The second-order valence-corrected chi connectivity index (χ2v) is 15.8. The summed E-state index contributed by atoms with van der Waals surface area (Å²) in [6.45, 7) is 12.6. The van der Waals surface area contributed by atoms with Gasteiger partial charge in [-0.25, -0.2) is 0 Å². The minimum absolute atomic E-state index is 0.287. The van der Waals surface area contributed by atoms with Crippen LogP contribution in [0.2, 0.25) is 18.1 Å². The Bertz CT molecular complexity index is 629. The van der Waals surface area contributed by atoms with Crippen molar-refractivity contribution in [3.05, 3.63) is 0 Å². The monoisotopic (exact) mass is 450 g/mol. The first-order valence-corrected chi connectivity index (χ1v) is 13.7. The van der Waals surface area contributed by atoms with Crippen LogP contribution < -0.4 is 0 Å². The Hall–Kier alpha value is -0.00312. The predicted octanol–water partition coefficient (Wildman–Crippen LogP) is 3.40. The van der Waals surface area contributed by atoms with Gasteiger partial charge in [-0.1, -0.05) is 20.8 Å². The maximum atomic E-state index is 13.6. The molecule has 0 bridgehead atoms. The van der Waals surface area contributed by atoms with Crippen molar-refractivity contribution in [2.24, 2.45) is 0 Å². The molecule has 28 heavy (non-hydrogen) atoms. The Kier molecular flexibility index (Phi) is 6.33. The van der Waals surface area contributed by atoms with Gasteiger partial charge in [-0.2, -0.15) is 13.2 Å². The summed E-state index contributed by atoms with van der Waals surface area (Å²) >= 11 is 0. The average molecular weight is 450 g/mol. The number of alkyl halides is 3. The van der Waals surface area contributed by atoms with Gasteiger partial charge in [0.15, 0.2) is 20.2 Å². The van der Waals surface area contributed by atoms with Crippen LogP contribution in [0.4, 0.5) is 13.2 Å². The van der Waals surface area contributed by atoms with Gasteiger partial charge in [0.1, 0.15) is 18.3 Å². The number of hydrogen-bond donors (Lipinski definition) is 2. The minimum Gasteiger partial charge on any atom is -0.408 e. The van der Waals surface area contributed by atoms with Gasteiger partial charge in [0, 0.05) is 0 Å². The normalized spacial score (nSPS) is 34.4. The van der Waals surface area contributed by atoms with Crippen LogP contribution in [0.3, 0.4) is 0 Å². The van der Waals surface area contributed by atoms with Crippen LogP contribution in [-0.2, 0) is 23.2 Å². The lowest BCUT2D eigenvalue weighted by Crippen LogP contribution is -2.64. The largest absolute Gasteiger partial charge is 0.417 e. The number of rotatable bonds is 4. The lowest BCUT2D eigenvalue weighted by atomic mass is 9.95. The van der Waals surface area contributed by atoms with E-state index in [-0.39, 0.29) is 5.04 Å². The number of ether oxygens (including phenoxy) is 3. The molecule has 0 aromatic heterocycles. The van der Waals surface area contributed by atoms with E-state index in [1.54, 1.807) is 0 Å². The van der Waals surface area contributed by atoms with Gasteiger partial charge in [0.2, 0.25) is 0 Å². The highest BCUT2D eigenvalue weighted by atomic mass is 31.2. The van der Waals surface area contributed by atoms with Crippen LogP contribution >= 0.6 is 7.60 Å². The topological polar surface area (TPSA) is 94.5 Å². The quantitative estimate of drug-likeness (QED) is 0.501. The SMILES string of the molecule is CC1(C)O[C@H]2[C@H](O[Si](C)(C)C(C)(C)C)[C@H](CP(=O)(O)O)O[C@@H](C(F)(F)F)[C@H]2O1. The van der Waals surface area contributed by atoms with E-state index in [1.165, 1.54) is 13.8 Å². The lowest BCUT2D eigenvalue weighted by Gasteiger charge is -2.47. The third-order valence-corrected chi connectivity index (χ3v) is 10.8. The van der Waals surface area contributed by atoms with Crippen molar-refractivity contribution < 1.29 is 46.2 Å². The van der Waals surface area contributed by atoms with E-state index in [0.29, 0.717) is 0 Å².